The molecule has 1 aromatic rings. The van der Waals surface area contributed by atoms with Crippen LogP contribution in [0.4, 0.5) is 5.95 Å². The van der Waals surface area contributed by atoms with Crippen molar-refractivity contribution in [2.75, 3.05) is 31.1 Å². The molecule has 3 rings (SSSR count). The van der Waals surface area contributed by atoms with Gasteiger partial charge in [-0.05, 0) is 38.8 Å². The van der Waals surface area contributed by atoms with Crippen LogP contribution in [0.1, 0.15) is 43.0 Å². The Labute approximate surface area is 133 Å². The van der Waals surface area contributed by atoms with Crippen molar-refractivity contribution in [2.45, 2.75) is 38.5 Å². The maximum atomic E-state index is 4.81. The largest absolute Gasteiger partial charge is 0.339 e. The van der Waals surface area contributed by atoms with E-state index in [1.165, 1.54) is 31.4 Å². The van der Waals surface area contributed by atoms with E-state index in [1.54, 1.807) is 0 Å². The van der Waals surface area contributed by atoms with Crippen LogP contribution in [0.25, 0.3) is 0 Å². The quantitative estimate of drug-likeness (QED) is 0.910. The summed E-state index contributed by atoms with van der Waals surface area (Å²) in [6.07, 6.45) is 5.14. The van der Waals surface area contributed by atoms with Gasteiger partial charge in [-0.3, -0.25) is 0 Å². The van der Waals surface area contributed by atoms with Gasteiger partial charge in [-0.1, -0.05) is 6.42 Å². The van der Waals surface area contributed by atoms with Gasteiger partial charge in [-0.2, -0.15) is 0 Å². The van der Waals surface area contributed by atoms with Crippen molar-refractivity contribution in [1.29, 1.82) is 0 Å². The van der Waals surface area contributed by atoms with Crippen LogP contribution in [0.15, 0.2) is 6.07 Å². The summed E-state index contributed by atoms with van der Waals surface area (Å²) in [6, 6.07) is 2.17. The molecule has 1 N–H and O–H groups in total. The van der Waals surface area contributed by atoms with Crippen molar-refractivity contribution in [3.63, 3.8) is 0 Å². The molecule has 0 spiro atoms. The van der Waals surface area contributed by atoms with Crippen molar-refractivity contribution in [3.8, 4) is 0 Å². The minimum atomic E-state index is 0. The first-order chi connectivity index (χ1) is 8.83. The third-order valence-electron chi connectivity index (χ3n) is 4.01. The summed E-state index contributed by atoms with van der Waals surface area (Å²) in [7, 11) is 0. The lowest BCUT2D eigenvalue weighted by atomic mass is 9.83. The molecule has 6 heteroatoms. The average Bonchev–Trinajstić information content (AvgIpc) is 2.54. The van der Waals surface area contributed by atoms with Gasteiger partial charge in [0.1, 0.15) is 0 Å². The van der Waals surface area contributed by atoms with Crippen LogP contribution in [-0.2, 0) is 0 Å². The van der Waals surface area contributed by atoms with Gasteiger partial charge in [0.15, 0.2) is 0 Å². The van der Waals surface area contributed by atoms with Crippen molar-refractivity contribution >= 4 is 30.8 Å². The SMILES string of the molecule is Cc1cc(C2CCC2)nc(N2CCCNCC2)n1.Cl.Cl. The third-order valence-corrected chi connectivity index (χ3v) is 4.01. The van der Waals surface area contributed by atoms with E-state index in [0.717, 1.165) is 37.8 Å². The van der Waals surface area contributed by atoms with Crippen molar-refractivity contribution in [2.24, 2.45) is 0 Å². The fourth-order valence-corrected chi connectivity index (χ4v) is 2.68. The van der Waals surface area contributed by atoms with E-state index >= 15 is 0 Å². The zero-order valence-electron chi connectivity index (χ0n) is 12.0. The Balaban J connectivity index is 0.000001000. The standard InChI is InChI=1S/C14H22N4.2ClH/c1-11-10-13(12-4-2-5-12)17-14(16-11)18-8-3-6-15-7-9-18;;/h10,12,15H,2-9H2,1H3;2*1H. The molecule has 1 aromatic heterocycles. The molecule has 4 nitrogen and oxygen atoms in total. The van der Waals surface area contributed by atoms with Crippen LogP contribution in [0.3, 0.4) is 0 Å². The van der Waals surface area contributed by atoms with E-state index in [0.29, 0.717) is 5.92 Å². The number of nitrogens with one attached hydrogen (secondary N) is 1. The first-order valence-corrected chi connectivity index (χ1v) is 7.14. The van der Waals surface area contributed by atoms with Crippen molar-refractivity contribution in [3.05, 3.63) is 17.5 Å². The van der Waals surface area contributed by atoms with E-state index in [4.69, 9.17) is 4.98 Å². The number of anilines is 1. The second-order valence-corrected chi connectivity index (χ2v) is 5.45. The first-order valence-electron chi connectivity index (χ1n) is 7.14. The fraction of sp³-hybridized carbons (Fsp3) is 0.714. The number of hydrogen-bond acceptors (Lipinski definition) is 4. The molecule has 2 fully saturated rings. The number of aromatic nitrogens is 2. The minimum Gasteiger partial charge on any atom is -0.339 e. The zero-order chi connectivity index (χ0) is 12.4. The highest BCUT2D eigenvalue weighted by atomic mass is 35.5. The lowest BCUT2D eigenvalue weighted by molar-refractivity contribution is 0.410. The van der Waals surface area contributed by atoms with Gasteiger partial charge in [-0.15, -0.1) is 24.8 Å². The van der Waals surface area contributed by atoms with Crippen LogP contribution in [0.2, 0.25) is 0 Å². The molecule has 2 aliphatic rings. The Kier molecular flexibility index (Phi) is 7.00. The topological polar surface area (TPSA) is 41.1 Å². The molecule has 0 radical (unpaired) electrons. The van der Waals surface area contributed by atoms with Gasteiger partial charge >= 0.3 is 0 Å². The Morgan fingerprint density at radius 1 is 1.10 bits per heavy atom. The monoisotopic (exact) mass is 318 g/mol. The van der Waals surface area contributed by atoms with Gasteiger partial charge in [0.2, 0.25) is 5.95 Å². The number of nitrogens with zero attached hydrogens (tertiary/aromatic N) is 3. The molecular formula is C14H24Cl2N4. The van der Waals surface area contributed by atoms with Gasteiger partial charge < -0.3 is 10.2 Å². The maximum Gasteiger partial charge on any atom is 0.225 e. The zero-order valence-corrected chi connectivity index (χ0v) is 13.6. The third kappa shape index (κ3) is 3.96. The van der Waals surface area contributed by atoms with Gasteiger partial charge in [0, 0.05) is 36.9 Å². The van der Waals surface area contributed by atoms with Crippen molar-refractivity contribution in [1.82, 2.24) is 15.3 Å². The molecule has 0 bridgehead atoms. The molecule has 0 unspecified atom stereocenters. The second kappa shape index (κ2) is 8.01. The first kappa shape index (κ1) is 17.5. The summed E-state index contributed by atoms with van der Waals surface area (Å²) < 4.78 is 0. The number of aryl methyl sites for hydroxylation is 1. The van der Waals surface area contributed by atoms with Crippen molar-refractivity contribution < 1.29 is 0 Å². The molecule has 1 saturated heterocycles. The second-order valence-electron chi connectivity index (χ2n) is 5.45. The van der Waals surface area contributed by atoms with Crippen LogP contribution >= 0.6 is 24.8 Å². The molecule has 0 amide bonds. The molecule has 1 saturated carbocycles. The minimum absolute atomic E-state index is 0. The molecule has 1 aliphatic heterocycles. The predicted octanol–water partition coefficient (Wildman–Crippen LogP) is 2.70. The van der Waals surface area contributed by atoms with Gasteiger partial charge in [0.05, 0.1) is 0 Å². The highest BCUT2D eigenvalue weighted by Gasteiger charge is 2.23. The average molecular weight is 319 g/mol. The molecule has 2 heterocycles. The predicted molar refractivity (Wildman–Crippen MR) is 87.6 cm³/mol. The maximum absolute atomic E-state index is 4.81. The summed E-state index contributed by atoms with van der Waals surface area (Å²) >= 11 is 0. The highest BCUT2D eigenvalue weighted by molar-refractivity contribution is 5.85. The molecule has 0 atom stereocenters. The van der Waals surface area contributed by atoms with E-state index in [1.807, 2.05) is 0 Å². The Morgan fingerprint density at radius 3 is 2.60 bits per heavy atom. The number of halogens is 2. The van der Waals surface area contributed by atoms with E-state index in [-0.39, 0.29) is 24.8 Å². The molecule has 20 heavy (non-hydrogen) atoms. The van der Waals surface area contributed by atoms with Gasteiger partial charge in [0.25, 0.3) is 0 Å². The Morgan fingerprint density at radius 2 is 1.90 bits per heavy atom. The molecule has 0 aromatic carbocycles. The van der Waals surface area contributed by atoms with E-state index in [9.17, 15) is 0 Å². The Bertz CT molecular complexity index is 416. The molecular weight excluding hydrogens is 295 g/mol. The summed E-state index contributed by atoms with van der Waals surface area (Å²) in [6.45, 7) is 6.32. The van der Waals surface area contributed by atoms with Crippen LogP contribution in [0.5, 0.6) is 0 Å². The van der Waals surface area contributed by atoms with E-state index in [2.05, 4.69) is 28.2 Å². The number of hydrogen-bond donors (Lipinski definition) is 1. The van der Waals surface area contributed by atoms with Crippen LogP contribution in [-0.4, -0.2) is 36.1 Å². The molecule has 1 aliphatic carbocycles. The summed E-state index contributed by atoms with van der Waals surface area (Å²) in [4.78, 5) is 11.8. The normalized spacial score (nSPS) is 19.4. The molecule has 114 valence electrons. The number of rotatable bonds is 2. The van der Waals surface area contributed by atoms with Crippen LogP contribution < -0.4 is 10.2 Å². The lowest BCUT2D eigenvalue weighted by Crippen LogP contribution is -2.30. The summed E-state index contributed by atoms with van der Waals surface area (Å²) in [5, 5.41) is 3.42. The summed E-state index contributed by atoms with van der Waals surface area (Å²) in [5.74, 6) is 1.64. The highest BCUT2D eigenvalue weighted by Crippen LogP contribution is 2.35. The van der Waals surface area contributed by atoms with E-state index < -0.39 is 0 Å². The smallest absolute Gasteiger partial charge is 0.225 e. The van der Waals surface area contributed by atoms with Crippen LogP contribution in [0, 0.1) is 6.92 Å². The Hall–Kier alpha value is -0.580. The fourth-order valence-electron chi connectivity index (χ4n) is 2.68. The van der Waals surface area contributed by atoms with Gasteiger partial charge in [-0.25, -0.2) is 9.97 Å². The lowest BCUT2D eigenvalue weighted by Gasteiger charge is -2.27. The summed E-state index contributed by atoms with van der Waals surface area (Å²) in [5.41, 5.74) is 2.38.